The largest absolute Gasteiger partial charge is 0.390 e. The molecule has 0 aliphatic carbocycles. The average molecular weight is 142 g/mol. The number of aliphatic hydroxyl groups is 1. The molecule has 0 aromatic rings. The lowest BCUT2D eigenvalue weighted by Gasteiger charge is -2.07. The van der Waals surface area contributed by atoms with Crippen LogP contribution in [-0.4, -0.2) is 48.8 Å². The first-order valence-corrected chi connectivity index (χ1v) is 3.33. The molecule has 0 spiro atoms. The zero-order valence-corrected chi connectivity index (χ0v) is 5.73. The van der Waals surface area contributed by atoms with Crippen molar-refractivity contribution in [3.8, 4) is 0 Å². The second-order valence-corrected chi connectivity index (χ2v) is 2.62. The Morgan fingerprint density at radius 1 is 1.70 bits per heavy atom. The summed E-state index contributed by atoms with van der Waals surface area (Å²) in [5.74, 6) is 0. The second-order valence-electron chi connectivity index (χ2n) is 2.62. The lowest BCUT2D eigenvalue weighted by atomic mass is 9.96. The minimum Gasteiger partial charge on any atom is -0.390 e. The maximum Gasteiger partial charge on any atom is 0.281 e. The molecule has 1 heterocycles. The van der Waals surface area contributed by atoms with E-state index in [0.717, 1.165) is 6.19 Å². The third kappa shape index (κ3) is 1.56. The SMILES string of the molecule is N[C@@H]1CN(BC=O)C[C@@H]1O. The molecule has 0 aromatic carbocycles. The lowest BCUT2D eigenvalue weighted by Crippen LogP contribution is -2.33. The van der Waals surface area contributed by atoms with Gasteiger partial charge in [-0.3, -0.25) is 0 Å². The highest BCUT2D eigenvalue weighted by atomic mass is 16.3. The minimum absolute atomic E-state index is 0.181. The zero-order chi connectivity index (χ0) is 7.56. The smallest absolute Gasteiger partial charge is 0.281 e. The number of hydrogen-bond donors (Lipinski definition) is 2. The van der Waals surface area contributed by atoms with Gasteiger partial charge in [-0.15, -0.1) is 0 Å². The van der Waals surface area contributed by atoms with Crippen LogP contribution in [0.2, 0.25) is 0 Å². The molecule has 56 valence electrons. The zero-order valence-electron chi connectivity index (χ0n) is 5.73. The third-order valence-electron chi connectivity index (χ3n) is 1.74. The summed E-state index contributed by atoms with van der Waals surface area (Å²) in [7, 11) is 0.380. The maximum atomic E-state index is 10.0. The van der Waals surface area contributed by atoms with Crippen molar-refractivity contribution in [3.05, 3.63) is 0 Å². The maximum absolute atomic E-state index is 10.0. The highest BCUT2D eigenvalue weighted by Crippen LogP contribution is 2.04. The summed E-state index contributed by atoms with van der Waals surface area (Å²) in [6.07, 6.45) is 0.366. The van der Waals surface area contributed by atoms with Gasteiger partial charge in [0.25, 0.3) is 7.41 Å². The van der Waals surface area contributed by atoms with Crippen LogP contribution >= 0.6 is 0 Å². The molecule has 2 atom stereocenters. The van der Waals surface area contributed by atoms with E-state index in [1.165, 1.54) is 0 Å². The van der Waals surface area contributed by atoms with Gasteiger partial charge in [0.05, 0.1) is 12.3 Å². The Labute approximate surface area is 60.3 Å². The van der Waals surface area contributed by atoms with Gasteiger partial charge in [0.15, 0.2) is 0 Å². The van der Waals surface area contributed by atoms with Crippen LogP contribution in [0.15, 0.2) is 0 Å². The summed E-state index contributed by atoms with van der Waals surface area (Å²) in [5, 5.41) is 9.11. The Bertz CT molecular complexity index is 123. The van der Waals surface area contributed by atoms with Crippen molar-refractivity contribution in [2.24, 2.45) is 5.73 Å². The van der Waals surface area contributed by atoms with Crippen LogP contribution in [0.3, 0.4) is 0 Å². The molecule has 4 nitrogen and oxygen atoms in total. The van der Waals surface area contributed by atoms with Gasteiger partial charge in [-0.25, -0.2) is 0 Å². The Hall–Kier alpha value is -0.385. The molecule has 1 aliphatic heterocycles. The molecule has 1 fully saturated rings. The molecule has 0 amide bonds. The molecular weight excluding hydrogens is 131 g/mol. The number of nitrogens with two attached hydrogens (primary N) is 1. The summed E-state index contributed by atoms with van der Waals surface area (Å²) >= 11 is 0. The average Bonchev–Trinajstić information content (AvgIpc) is 2.14. The fourth-order valence-corrected chi connectivity index (χ4v) is 1.15. The van der Waals surface area contributed by atoms with E-state index in [1.807, 2.05) is 4.81 Å². The molecule has 0 radical (unpaired) electrons. The highest BCUT2D eigenvalue weighted by Gasteiger charge is 2.27. The van der Waals surface area contributed by atoms with E-state index in [9.17, 15) is 4.79 Å². The Kier molecular flexibility index (Phi) is 2.42. The van der Waals surface area contributed by atoms with Gasteiger partial charge in [0.2, 0.25) is 0 Å². The predicted octanol–water partition coefficient (Wildman–Crippen LogP) is -2.47. The van der Waals surface area contributed by atoms with Crippen molar-refractivity contribution in [2.75, 3.05) is 13.1 Å². The van der Waals surface area contributed by atoms with E-state index < -0.39 is 6.10 Å². The number of carbonyl (C=O) groups is 1. The summed E-state index contributed by atoms with van der Waals surface area (Å²) in [4.78, 5) is 11.8. The van der Waals surface area contributed by atoms with Crippen molar-refractivity contribution >= 4 is 13.6 Å². The van der Waals surface area contributed by atoms with Gasteiger partial charge in [-0.1, -0.05) is 0 Å². The summed E-state index contributed by atoms with van der Waals surface area (Å²) in [6.45, 7) is 1.15. The van der Waals surface area contributed by atoms with Crippen molar-refractivity contribution in [1.82, 2.24) is 4.81 Å². The van der Waals surface area contributed by atoms with Gasteiger partial charge in [0, 0.05) is 19.1 Å². The Morgan fingerprint density at radius 2 is 2.40 bits per heavy atom. The molecule has 1 aliphatic rings. The Balaban J connectivity index is 2.33. The summed E-state index contributed by atoms with van der Waals surface area (Å²) < 4.78 is 0. The van der Waals surface area contributed by atoms with Gasteiger partial charge in [-0.05, 0) is 0 Å². The minimum atomic E-state index is -0.458. The topological polar surface area (TPSA) is 66.6 Å². The van der Waals surface area contributed by atoms with Crippen LogP contribution in [0, 0.1) is 0 Å². The first-order valence-electron chi connectivity index (χ1n) is 3.33. The monoisotopic (exact) mass is 142 g/mol. The fraction of sp³-hybridized carbons (Fsp3) is 0.800. The number of β-amino-alcohol motifs (C(OH)–C–C–N with tert-alkyl or cyclic N) is 1. The molecule has 0 saturated carbocycles. The van der Waals surface area contributed by atoms with Crippen molar-refractivity contribution in [3.63, 3.8) is 0 Å². The van der Waals surface area contributed by atoms with Crippen molar-refractivity contribution < 1.29 is 9.90 Å². The van der Waals surface area contributed by atoms with E-state index in [1.54, 1.807) is 0 Å². The van der Waals surface area contributed by atoms with Crippen LogP contribution in [0.1, 0.15) is 0 Å². The van der Waals surface area contributed by atoms with E-state index in [2.05, 4.69) is 0 Å². The fourth-order valence-electron chi connectivity index (χ4n) is 1.15. The van der Waals surface area contributed by atoms with Gasteiger partial charge >= 0.3 is 0 Å². The van der Waals surface area contributed by atoms with E-state index in [4.69, 9.17) is 10.8 Å². The molecule has 10 heavy (non-hydrogen) atoms. The normalized spacial score (nSPS) is 34.2. The Morgan fingerprint density at radius 3 is 2.80 bits per heavy atom. The van der Waals surface area contributed by atoms with Crippen LogP contribution in [-0.2, 0) is 4.79 Å². The molecule has 0 aromatic heterocycles. The number of rotatable bonds is 2. The number of aliphatic hydroxyl groups excluding tert-OH is 1. The molecule has 1 saturated heterocycles. The van der Waals surface area contributed by atoms with Crippen LogP contribution < -0.4 is 5.73 Å². The van der Waals surface area contributed by atoms with Crippen LogP contribution in [0.25, 0.3) is 0 Å². The summed E-state index contributed by atoms with van der Waals surface area (Å²) in [6, 6.07) is -0.181. The predicted molar refractivity (Wildman–Crippen MR) is 39.5 cm³/mol. The van der Waals surface area contributed by atoms with Crippen molar-refractivity contribution in [2.45, 2.75) is 12.1 Å². The van der Waals surface area contributed by atoms with Gasteiger partial charge in [0.1, 0.15) is 0 Å². The van der Waals surface area contributed by atoms with Gasteiger partial charge < -0.3 is 20.4 Å². The molecule has 0 unspecified atom stereocenters. The quantitative estimate of drug-likeness (QED) is 0.331. The van der Waals surface area contributed by atoms with Crippen LogP contribution in [0.4, 0.5) is 0 Å². The molecule has 5 heteroatoms. The third-order valence-corrected chi connectivity index (χ3v) is 1.74. The lowest BCUT2D eigenvalue weighted by molar-refractivity contribution is 0.174. The molecule has 0 bridgehead atoms. The van der Waals surface area contributed by atoms with Gasteiger partial charge in [-0.2, -0.15) is 0 Å². The first-order chi connectivity index (χ1) is 4.74. The van der Waals surface area contributed by atoms with Crippen LogP contribution in [0.5, 0.6) is 0 Å². The molecule has 3 N–H and O–H groups in total. The van der Waals surface area contributed by atoms with E-state index >= 15 is 0 Å². The first kappa shape index (κ1) is 7.72. The van der Waals surface area contributed by atoms with E-state index in [0.29, 0.717) is 20.5 Å². The van der Waals surface area contributed by atoms with Crippen molar-refractivity contribution in [1.29, 1.82) is 0 Å². The molecule has 1 rings (SSSR count). The molecular formula is C5H11BN2O2. The number of nitrogens with zero attached hydrogens (tertiary/aromatic N) is 1. The van der Waals surface area contributed by atoms with E-state index in [-0.39, 0.29) is 6.04 Å². The number of hydrogen-bond acceptors (Lipinski definition) is 4. The highest BCUT2D eigenvalue weighted by molar-refractivity contribution is 6.64. The number of carbonyl (C=O) groups excluding carboxylic acids is 1. The standard InChI is InChI=1S/C5H11BN2O2/c7-4-1-8(6-3-9)2-5(4)10/h3-6,10H,1-2,7H2/t4-,5+/m1/s1. The second kappa shape index (κ2) is 3.14. The summed E-state index contributed by atoms with van der Waals surface area (Å²) in [5.41, 5.74) is 5.49.